The van der Waals surface area contributed by atoms with E-state index in [2.05, 4.69) is 10.6 Å². The van der Waals surface area contributed by atoms with Crippen LogP contribution in [0.4, 0.5) is 5.69 Å². The van der Waals surface area contributed by atoms with E-state index < -0.39 is 0 Å². The van der Waals surface area contributed by atoms with E-state index in [4.69, 9.17) is 26.4 Å². The number of benzene rings is 2. The monoisotopic (exact) mass is 360 g/mol. The van der Waals surface area contributed by atoms with Gasteiger partial charge in [-0.2, -0.15) is 0 Å². The molecule has 2 N–H and O–H groups in total. The zero-order valence-electron chi connectivity index (χ0n) is 14.8. The van der Waals surface area contributed by atoms with E-state index in [0.29, 0.717) is 18.3 Å². The minimum atomic E-state index is 0.550. The van der Waals surface area contributed by atoms with E-state index >= 15 is 0 Å². The number of hydrogen-bond donors (Lipinski definition) is 2. The highest BCUT2D eigenvalue weighted by atomic mass is 32.1. The molecule has 2 aromatic rings. The van der Waals surface area contributed by atoms with Gasteiger partial charge < -0.3 is 24.8 Å². The molecule has 2 aromatic carbocycles. The number of rotatable bonds is 8. The van der Waals surface area contributed by atoms with E-state index in [1.165, 1.54) is 0 Å². The number of hydrogen-bond acceptors (Lipinski definition) is 4. The van der Waals surface area contributed by atoms with E-state index in [1.54, 1.807) is 14.2 Å². The lowest BCUT2D eigenvalue weighted by Gasteiger charge is -2.15. The summed E-state index contributed by atoms with van der Waals surface area (Å²) in [6, 6.07) is 13.6. The Bertz CT molecular complexity index is 707. The molecule has 0 amide bonds. The van der Waals surface area contributed by atoms with Crippen molar-refractivity contribution in [3.63, 3.8) is 0 Å². The summed E-state index contributed by atoms with van der Waals surface area (Å²) in [5.41, 5.74) is 1.91. The van der Waals surface area contributed by atoms with Gasteiger partial charge in [-0.1, -0.05) is 24.3 Å². The summed E-state index contributed by atoms with van der Waals surface area (Å²) in [7, 11) is 3.28. The van der Waals surface area contributed by atoms with Crippen LogP contribution in [0.3, 0.4) is 0 Å². The van der Waals surface area contributed by atoms with Gasteiger partial charge in [0.05, 0.1) is 26.5 Å². The smallest absolute Gasteiger partial charge is 0.170 e. The van der Waals surface area contributed by atoms with E-state index in [-0.39, 0.29) is 0 Å². The van der Waals surface area contributed by atoms with Crippen LogP contribution in [0.25, 0.3) is 0 Å². The number of methoxy groups -OCH3 is 2. The molecule has 0 aliphatic heterocycles. The highest BCUT2D eigenvalue weighted by Gasteiger charge is 2.09. The van der Waals surface area contributed by atoms with Crippen molar-refractivity contribution >= 4 is 23.0 Å². The van der Waals surface area contributed by atoms with Crippen LogP contribution in [-0.2, 0) is 6.42 Å². The Morgan fingerprint density at radius 1 is 1.00 bits per heavy atom. The Hall–Kier alpha value is -2.47. The normalized spacial score (nSPS) is 10.0. The van der Waals surface area contributed by atoms with E-state index in [9.17, 15) is 0 Å². The third kappa shape index (κ3) is 5.26. The predicted molar refractivity (Wildman–Crippen MR) is 105 cm³/mol. The van der Waals surface area contributed by atoms with Crippen LogP contribution >= 0.6 is 12.2 Å². The van der Waals surface area contributed by atoms with Crippen molar-refractivity contribution in [3.05, 3.63) is 48.0 Å². The fourth-order valence-corrected chi connectivity index (χ4v) is 2.69. The molecular weight excluding hydrogens is 336 g/mol. The zero-order chi connectivity index (χ0) is 18.1. The second-order valence-corrected chi connectivity index (χ2v) is 5.62. The maximum Gasteiger partial charge on any atom is 0.170 e. The first kappa shape index (κ1) is 18.9. The van der Waals surface area contributed by atoms with Crippen molar-refractivity contribution < 1.29 is 14.2 Å². The molecule has 0 radical (unpaired) electrons. The average molecular weight is 360 g/mol. The second kappa shape index (κ2) is 9.74. The van der Waals surface area contributed by atoms with Gasteiger partial charge in [0.1, 0.15) is 5.75 Å². The lowest BCUT2D eigenvalue weighted by Crippen LogP contribution is -2.30. The molecule has 0 aliphatic rings. The lowest BCUT2D eigenvalue weighted by molar-refractivity contribution is 0.342. The van der Waals surface area contributed by atoms with Crippen LogP contribution in [0.1, 0.15) is 12.5 Å². The van der Waals surface area contributed by atoms with Crippen molar-refractivity contribution in [2.45, 2.75) is 13.3 Å². The Morgan fingerprint density at radius 2 is 1.76 bits per heavy atom. The number of para-hydroxylation sites is 3. The first-order chi connectivity index (χ1) is 12.2. The molecule has 0 fully saturated rings. The van der Waals surface area contributed by atoms with Crippen molar-refractivity contribution in [2.75, 3.05) is 32.7 Å². The minimum absolute atomic E-state index is 0.550. The summed E-state index contributed by atoms with van der Waals surface area (Å²) in [6.45, 7) is 3.23. The molecule has 0 unspecified atom stereocenters. The maximum atomic E-state index is 5.59. The van der Waals surface area contributed by atoms with Crippen molar-refractivity contribution in [2.24, 2.45) is 0 Å². The van der Waals surface area contributed by atoms with Gasteiger partial charge in [0.2, 0.25) is 0 Å². The summed E-state index contributed by atoms with van der Waals surface area (Å²) < 4.78 is 16.4. The number of thiocarbonyl (C=S) groups is 1. The number of anilines is 1. The third-order valence-electron chi connectivity index (χ3n) is 3.60. The van der Waals surface area contributed by atoms with Gasteiger partial charge in [-0.05, 0) is 49.3 Å². The molecule has 134 valence electrons. The molecule has 0 aromatic heterocycles. The number of nitrogens with one attached hydrogen (secondary N) is 2. The Morgan fingerprint density at radius 3 is 2.48 bits per heavy atom. The van der Waals surface area contributed by atoms with Crippen molar-refractivity contribution in [1.29, 1.82) is 0 Å². The molecule has 6 heteroatoms. The van der Waals surface area contributed by atoms with Gasteiger partial charge in [-0.3, -0.25) is 0 Å². The SMILES string of the molecule is CCOc1ccccc1NC(=S)NCCc1cccc(OC)c1OC. The molecule has 0 aliphatic carbocycles. The van der Waals surface area contributed by atoms with E-state index in [1.807, 2.05) is 49.4 Å². The number of ether oxygens (including phenoxy) is 3. The minimum Gasteiger partial charge on any atom is -0.493 e. The van der Waals surface area contributed by atoms with Crippen molar-refractivity contribution in [1.82, 2.24) is 5.32 Å². The van der Waals surface area contributed by atoms with Crippen LogP contribution in [0.15, 0.2) is 42.5 Å². The molecule has 2 rings (SSSR count). The quantitative estimate of drug-likeness (QED) is 0.701. The second-order valence-electron chi connectivity index (χ2n) is 5.21. The fraction of sp³-hybridized carbons (Fsp3) is 0.316. The van der Waals surface area contributed by atoms with Gasteiger partial charge in [0.25, 0.3) is 0 Å². The third-order valence-corrected chi connectivity index (χ3v) is 3.85. The van der Waals surface area contributed by atoms with E-state index in [0.717, 1.165) is 34.9 Å². The summed E-state index contributed by atoms with van der Waals surface area (Å²) >= 11 is 5.37. The van der Waals surface area contributed by atoms with Crippen LogP contribution in [-0.4, -0.2) is 32.5 Å². The Balaban J connectivity index is 1.91. The summed E-state index contributed by atoms with van der Waals surface area (Å²) in [5.74, 6) is 2.27. The maximum absolute atomic E-state index is 5.59. The topological polar surface area (TPSA) is 51.8 Å². The van der Waals surface area contributed by atoms with Crippen LogP contribution in [0, 0.1) is 0 Å². The molecule has 0 saturated carbocycles. The van der Waals surface area contributed by atoms with Crippen LogP contribution < -0.4 is 24.8 Å². The largest absolute Gasteiger partial charge is 0.493 e. The van der Waals surface area contributed by atoms with Gasteiger partial charge in [-0.25, -0.2) is 0 Å². The highest BCUT2D eigenvalue weighted by molar-refractivity contribution is 7.80. The van der Waals surface area contributed by atoms with Gasteiger partial charge in [0.15, 0.2) is 16.6 Å². The average Bonchev–Trinajstić information content (AvgIpc) is 2.63. The molecule has 5 nitrogen and oxygen atoms in total. The first-order valence-electron chi connectivity index (χ1n) is 8.16. The Kier molecular flexibility index (Phi) is 7.35. The van der Waals surface area contributed by atoms with Crippen LogP contribution in [0.2, 0.25) is 0 Å². The summed E-state index contributed by atoms with van der Waals surface area (Å²) in [4.78, 5) is 0. The molecule has 0 saturated heterocycles. The zero-order valence-corrected chi connectivity index (χ0v) is 15.6. The highest BCUT2D eigenvalue weighted by Crippen LogP contribution is 2.30. The van der Waals surface area contributed by atoms with Gasteiger partial charge >= 0.3 is 0 Å². The molecule has 0 bridgehead atoms. The molecule has 0 atom stereocenters. The van der Waals surface area contributed by atoms with Crippen molar-refractivity contribution in [3.8, 4) is 17.2 Å². The Labute approximate surface area is 154 Å². The van der Waals surface area contributed by atoms with Crippen LogP contribution in [0.5, 0.6) is 17.2 Å². The standard InChI is InChI=1S/C19H24N2O3S/c1-4-24-16-10-6-5-9-15(16)21-19(25)20-13-12-14-8-7-11-17(22-2)18(14)23-3/h5-11H,4,12-13H2,1-3H3,(H2,20,21,25). The summed E-state index contributed by atoms with van der Waals surface area (Å²) in [5, 5.41) is 6.93. The lowest BCUT2D eigenvalue weighted by atomic mass is 10.1. The van der Waals surface area contributed by atoms with Gasteiger partial charge in [-0.15, -0.1) is 0 Å². The fourth-order valence-electron chi connectivity index (χ4n) is 2.48. The summed E-state index contributed by atoms with van der Waals surface area (Å²) in [6.07, 6.45) is 0.759. The predicted octanol–water partition coefficient (Wildman–Crippen LogP) is 3.63. The molecule has 0 heterocycles. The molecule has 25 heavy (non-hydrogen) atoms. The molecule has 0 spiro atoms. The molecular formula is C19H24N2O3S. The van der Waals surface area contributed by atoms with Gasteiger partial charge in [0, 0.05) is 6.54 Å². The first-order valence-corrected chi connectivity index (χ1v) is 8.57.